The quantitative estimate of drug-likeness (QED) is 0.245. The zero-order valence-electron chi connectivity index (χ0n) is 18.3. The van der Waals surface area contributed by atoms with E-state index in [0.29, 0.717) is 6.54 Å². The molecule has 0 bridgehead atoms. The minimum Gasteiger partial charge on any atom is -0.379 e. The third-order valence-electron chi connectivity index (χ3n) is 5.22. The second-order valence-corrected chi connectivity index (χ2v) is 7.44. The van der Waals surface area contributed by atoms with Crippen LogP contribution in [0.15, 0.2) is 35.3 Å². The number of ether oxygens (including phenoxy) is 1. The van der Waals surface area contributed by atoms with Crippen LogP contribution in [0.3, 0.4) is 0 Å². The molecule has 1 fully saturated rings. The van der Waals surface area contributed by atoms with E-state index >= 15 is 0 Å². The number of nitrogens with one attached hydrogen (secondary N) is 1. The molecule has 1 aromatic carbocycles. The first kappa shape index (κ1) is 24.5. The summed E-state index contributed by atoms with van der Waals surface area (Å²) in [4.78, 5) is 9.44. The molecule has 0 saturated carbocycles. The SMILES string of the molecule is Cc1nnc(CN=C(NCCCN2CCOCC2)N(C)Cc2ccccc2)n1C.I. The van der Waals surface area contributed by atoms with Gasteiger partial charge in [0.2, 0.25) is 0 Å². The maximum atomic E-state index is 5.42. The Morgan fingerprint density at radius 3 is 2.60 bits per heavy atom. The van der Waals surface area contributed by atoms with E-state index in [1.165, 1.54) is 5.56 Å². The Morgan fingerprint density at radius 1 is 1.20 bits per heavy atom. The van der Waals surface area contributed by atoms with Crippen molar-refractivity contribution in [2.24, 2.45) is 12.0 Å². The summed E-state index contributed by atoms with van der Waals surface area (Å²) in [6, 6.07) is 10.5. The Labute approximate surface area is 196 Å². The topological polar surface area (TPSA) is 70.8 Å². The Morgan fingerprint density at radius 2 is 1.93 bits per heavy atom. The number of aryl methyl sites for hydroxylation is 1. The predicted octanol–water partition coefficient (Wildman–Crippen LogP) is 2.04. The van der Waals surface area contributed by atoms with Crippen molar-refractivity contribution in [1.82, 2.24) is 29.9 Å². The summed E-state index contributed by atoms with van der Waals surface area (Å²) in [7, 11) is 4.05. The lowest BCUT2D eigenvalue weighted by atomic mass is 10.2. The molecule has 3 rings (SSSR count). The molecule has 0 amide bonds. The molecule has 8 nitrogen and oxygen atoms in total. The zero-order chi connectivity index (χ0) is 20.5. The average molecular weight is 527 g/mol. The van der Waals surface area contributed by atoms with Gasteiger partial charge in [-0.25, -0.2) is 4.99 Å². The molecular weight excluding hydrogens is 493 g/mol. The van der Waals surface area contributed by atoms with Gasteiger partial charge in [0.25, 0.3) is 0 Å². The van der Waals surface area contributed by atoms with E-state index in [-0.39, 0.29) is 24.0 Å². The second kappa shape index (κ2) is 12.9. The number of halogens is 1. The van der Waals surface area contributed by atoms with E-state index in [4.69, 9.17) is 9.73 Å². The van der Waals surface area contributed by atoms with E-state index in [1.54, 1.807) is 0 Å². The maximum absolute atomic E-state index is 5.42. The third kappa shape index (κ3) is 7.51. The summed E-state index contributed by atoms with van der Waals surface area (Å²) < 4.78 is 7.40. The Kier molecular flexibility index (Phi) is 10.5. The molecular formula is C21H34IN7O. The number of hydrogen-bond acceptors (Lipinski definition) is 5. The summed E-state index contributed by atoms with van der Waals surface area (Å²) in [5.41, 5.74) is 1.26. The van der Waals surface area contributed by atoms with Crippen LogP contribution in [0, 0.1) is 6.92 Å². The third-order valence-corrected chi connectivity index (χ3v) is 5.22. The molecule has 1 aliphatic heterocycles. The van der Waals surface area contributed by atoms with E-state index in [9.17, 15) is 0 Å². The largest absolute Gasteiger partial charge is 0.379 e. The van der Waals surface area contributed by atoms with Crippen LogP contribution < -0.4 is 5.32 Å². The van der Waals surface area contributed by atoms with Gasteiger partial charge in [-0.15, -0.1) is 34.2 Å². The van der Waals surface area contributed by atoms with E-state index in [0.717, 1.165) is 70.0 Å². The molecule has 1 saturated heterocycles. The van der Waals surface area contributed by atoms with Gasteiger partial charge in [-0.3, -0.25) is 4.90 Å². The Hall–Kier alpha value is -1.72. The van der Waals surface area contributed by atoms with Gasteiger partial charge in [0, 0.05) is 40.3 Å². The van der Waals surface area contributed by atoms with Gasteiger partial charge in [-0.05, 0) is 25.5 Å². The first-order valence-electron chi connectivity index (χ1n) is 10.3. The highest BCUT2D eigenvalue weighted by atomic mass is 127. The highest BCUT2D eigenvalue weighted by molar-refractivity contribution is 14.0. The summed E-state index contributed by atoms with van der Waals surface area (Å²) in [6.45, 7) is 8.96. The molecule has 0 atom stereocenters. The molecule has 1 N–H and O–H groups in total. The van der Waals surface area contributed by atoms with Gasteiger partial charge >= 0.3 is 0 Å². The van der Waals surface area contributed by atoms with Gasteiger partial charge in [-0.2, -0.15) is 0 Å². The molecule has 0 spiro atoms. The van der Waals surface area contributed by atoms with Crippen molar-refractivity contribution in [3.8, 4) is 0 Å². The van der Waals surface area contributed by atoms with Crippen LogP contribution in [0.1, 0.15) is 23.6 Å². The number of benzene rings is 1. The molecule has 166 valence electrons. The smallest absolute Gasteiger partial charge is 0.194 e. The number of morpholine rings is 1. The van der Waals surface area contributed by atoms with Crippen molar-refractivity contribution in [2.45, 2.75) is 26.4 Å². The molecule has 0 unspecified atom stereocenters. The molecule has 0 aliphatic carbocycles. The van der Waals surface area contributed by atoms with Crippen molar-refractivity contribution in [2.75, 3.05) is 46.4 Å². The summed E-state index contributed by atoms with van der Waals surface area (Å²) in [5, 5.41) is 11.9. The number of nitrogens with zero attached hydrogens (tertiary/aromatic N) is 6. The van der Waals surface area contributed by atoms with Gasteiger partial charge in [0.05, 0.1) is 13.2 Å². The number of rotatable bonds is 8. The minimum atomic E-state index is 0. The van der Waals surface area contributed by atoms with Crippen LogP contribution in [-0.4, -0.2) is 77.0 Å². The number of aromatic nitrogens is 3. The highest BCUT2D eigenvalue weighted by Gasteiger charge is 2.12. The lowest BCUT2D eigenvalue weighted by Crippen LogP contribution is -2.41. The lowest BCUT2D eigenvalue weighted by molar-refractivity contribution is 0.0375. The summed E-state index contributed by atoms with van der Waals surface area (Å²) in [6.07, 6.45) is 1.07. The molecule has 0 radical (unpaired) electrons. The van der Waals surface area contributed by atoms with Gasteiger partial charge in [-0.1, -0.05) is 30.3 Å². The molecule has 1 aliphatic rings. The van der Waals surface area contributed by atoms with Crippen LogP contribution in [0.5, 0.6) is 0 Å². The molecule has 30 heavy (non-hydrogen) atoms. The van der Waals surface area contributed by atoms with Crippen molar-refractivity contribution < 1.29 is 4.74 Å². The van der Waals surface area contributed by atoms with Crippen LogP contribution in [-0.2, 0) is 24.9 Å². The fraction of sp³-hybridized carbons (Fsp3) is 0.571. The monoisotopic (exact) mass is 527 g/mol. The normalized spacial score (nSPS) is 15.0. The average Bonchev–Trinajstić information content (AvgIpc) is 3.06. The number of aliphatic imine (C=N–C) groups is 1. The van der Waals surface area contributed by atoms with E-state index < -0.39 is 0 Å². The first-order chi connectivity index (χ1) is 14.1. The zero-order valence-corrected chi connectivity index (χ0v) is 20.6. The van der Waals surface area contributed by atoms with Gasteiger partial charge in [0.1, 0.15) is 12.4 Å². The maximum Gasteiger partial charge on any atom is 0.194 e. The molecule has 9 heteroatoms. The van der Waals surface area contributed by atoms with Crippen molar-refractivity contribution in [3.63, 3.8) is 0 Å². The van der Waals surface area contributed by atoms with Crippen molar-refractivity contribution in [1.29, 1.82) is 0 Å². The standard InChI is InChI=1S/C21H33N7O.HI/c1-18-24-25-20(27(18)3)16-23-21(26(2)17-19-8-5-4-6-9-19)22-10-7-11-28-12-14-29-15-13-28;/h4-6,8-9H,7,10-17H2,1-3H3,(H,22,23);1H. The van der Waals surface area contributed by atoms with E-state index in [2.05, 4.69) is 56.6 Å². The fourth-order valence-corrected chi connectivity index (χ4v) is 3.31. The van der Waals surface area contributed by atoms with Crippen LogP contribution in [0.2, 0.25) is 0 Å². The molecule has 2 heterocycles. The second-order valence-electron chi connectivity index (χ2n) is 7.44. The summed E-state index contributed by atoms with van der Waals surface area (Å²) in [5.74, 6) is 2.65. The fourth-order valence-electron chi connectivity index (χ4n) is 3.31. The van der Waals surface area contributed by atoms with E-state index in [1.807, 2.05) is 24.6 Å². The highest BCUT2D eigenvalue weighted by Crippen LogP contribution is 2.05. The van der Waals surface area contributed by atoms with Gasteiger partial charge < -0.3 is 19.5 Å². The minimum absolute atomic E-state index is 0. The van der Waals surface area contributed by atoms with Gasteiger partial charge in [0.15, 0.2) is 11.8 Å². The van der Waals surface area contributed by atoms with Crippen LogP contribution in [0.25, 0.3) is 0 Å². The molecule has 1 aromatic heterocycles. The number of guanidine groups is 1. The predicted molar refractivity (Wildman–Crippen MR) is 130 cm³/mol. The summed E-state index contributed by atoms with van der Waals surface area (Å²) >= 11 is 0. The van der Waals surface area contributed by atoms with Crippen molar-refractivity contribution in [3.05, 3.63) is 47.5 Å². The van der Waals surface area contributed by atoms with Crippen molar-refractivity contribution >= 4 is 29.9 Å². The number of hydrogen-bond donors (Lipinski definition) is 1. The first-order valence-corrected chi connectivity index (χ1v) is 10.3. The van der Waals surface area contributed by atoms with Crippen LogP contribution >= 0.6 is 24.0 Å². The lowest BCUT2D eigenvalue weighted by Gasteiger charge is -2.27. The molecule has 2 aromatic rings. The van der Waals surface area contributed by atoms with Crippen LogP contribution in [0.4, 0.5) is 0 Å². The Balaban J connectivity index is 0.00000320. The Bertz CT molecular complexity index is 775.